The molecule has 3 amide bonds. The predicted molar refractivity (Wildman–Crippen MR) is 165 cm³/mol. The Morgan fingerprint density at radius 1 is 1.15 bits per heavy atom. The molecule has 0 saturated carbocycles. The van der Waals surface area contributed by atoms with Crippen molar-refractivity contribution < 1.29 is 19.5 Å². The minimum Gasteiger partial charge on any atom is -0.394 e. The van der Waals surface area contributed by atoms with Gasteiger partial charge in [0, 0.05) is 30.4 Å². The van der Waals surface area contributed by atoms with Crippen LogP contribution in [0.2, 0.25) is 0 Å². The Bertz CT molecular complexity index is 1150. The van der Waals surface area contributed by atoms with Gasteiger partial charge in [-0.25, -0.2) is 0 Å². The van der Waals surface area contributed by atoms with Gasteiger partial charge in [-0.2, -0.15) is 0 Å². The number of rotatable bonds is 12. The standard InChI is InChI=1S/C33H47N3O4S/c1-8-17-34(20-23-13-11-10-12-14-23)29(38)26-25-15-16-33(41-25)27(26)30(39)36(24(21-37)19-22(3)4)28(33)31(40)35(18-9-2)32(5,6)7/h8-14,22,24-28,37H,1-2,15-21H2,3-7H3/t24-,25+,26-,27+,28?,33?/m1/s1. The van der Waals surface area contributed by atoms with Gasteiger partial charge in [0.15, 0.2) is 0 Å². The first-order chi connectivity index (χ1) is 19.4. The van der Waals surface area contributed by atoms with Gasteiger partial charge in [0.25, 0.3) is 0 Å². The number of nitrogens with zero attached hydrogens (tertiary/aromatic N) is 3. The summed E-state index contributed by atoms with van der Waals surface area (Å²) >= 11 is 1.67. The number of aliphatic hydroxyl groups is 1. The van der Waals surface area contributed by atoms with E-state index >= 15 is 0 Å². The Labute approximate surface area is 250 Å². The fourth-order valence-electron chi connectivity index (χ4n) is 7.24. The smallest absolute Gasteiger partial charge is 0.247 e. The van der Waals surface area contributed by atoms with E-state index < -0.39 is 34.2 Å². The van der Waals surface area contributed by atoms with Gasteiger partial charge in [0.05, 0.1) is 29.2 Å². The van der Waals surface area contributed by atoms with Crippen LogP contribution in [0, 0.1) is 17.8 Å². The molecule has 0 aliphatic carbocycles. The number of carbonyl (C=O) groups excluding carboxylic acids is 3. The number of hydrogen-bond donors (Lipinski definition) is 1. The normalized spacial score (nSPS) is 27.6. The first kappa shape index (κ1) is 31.4. The molecule has 1 spiro atoms. The molecule has 7 nitrogen and oxygen atoms in total. The third-order valence-corrected chi connectivity index (χ3v) is 10.8. The fourth-order valence-corrected chi connectivity index (χ4v) is 9.43. The van der Waals surface area contributed by atoms with Gasteiger partial charge in [-0.15, -0.1) is 24.9 Å². The van der Waals surface area contributed by atoms with Crippen LogP contribution in [0.1, 0.15) is 59.4 Å². The summed E-state index contributed by atoms with van der Waals surface area (Å²) in [7, 11) is 0. The van der Waals surface area contributed by atoms with Crippen LogP contribution in [0.5, 0.6) is 0 Å². The topological polar surface area (TPSA) is 81.2 Å². The maximum atomic E-state index is 14.6. The van der Waals surface area contributed by atoms with Crippen LogP contribution in [0.25, 0.3) is 0 Å². The molecule has 224 valence electrons. The third-order valence-electron chi connectivity index (χ3n) is 8.87. The molecule has 3 saturated heterocycles. The lowest BCUT2D eigenvalue weighted by atomic mass is 9.70. The Hall–Kier alpha value is -2.58. The zero-order valence-corrected chi connectivity index (χ0v) is 26.1. The number of amides is 3. The maximum Gasteiger partial charge on any atom is 0.247 e. The minimum absolute atomic E-state index is 0.0304. The third kappa shape index (κ3) is 5.74. The summed E-state index contributed by atoms with van der Waals surface area (Å²) < 4.78 is -0.708. The molecule has 1 aromatic rings. The Morgan fingerprint density at radius 3 is 2.37 bits per heavy atom. The first-order valence-electron chi connectivity index (χ1n) is 14.9. The van der Waals surface area contributed by atoms with Crippen LogP contribution in [-0.4, -0.2) is 84.8 Å². The quantitative estimate of drug-likeness (QED) is 0.368. The Balaban J connectivity index is 1.78. The summed E-state index contributed by atoms with van der Waals surface area (Å²) in [6, 6.07) is 8.61. The van der Waals surface area contributed by atoms with Gasteiger partial charge < -0.3 is 19.8 Å². The van der Waals surface area contributed by atoms with E-state index in [0.717, 1.165) is 12.0 Å². The number of thioether (sulfide) groups is 1. The lowest BCUT2D eigenvalue weighted by Gasteiger charge is -2.44. The van der Waals surface area contributed by atoms with Gasteiger partial charge in [-0.1, -0.05) is 56.3 Å². The van der Waals surface area contributed by atoms with E-state index in [0.29, 0.717) is 32.5 Å². The molecule has 0 radical (unpaired) electrons. The van der Waals surface area contributed by atoms with Crippen molar-refractivity contribution in [2.24, 2.45) is 17.8 Å². The average molecular weight is 582 g/mol. The van der Waals surface area contributed by atoms with Crippen LogP contribution in [0.3, 0.4) is 0 Å². The first-order valence-corrected chi connectivity index (χ1v) is 15.8. The molecule has 1 aromatic carbocycles. The highest BCUT2D eigenvalue weighted by Gasteiger charge is 2.74. The second-order valence-corrected chi connectivity index (χ2v) is 14.8. The van der Waals surface area contributed by atoms with E-state index in [2.05, 4.69) is 27.0 Å². The summed E-state index contributed by atoms with van der Waals surface area (Å²) in [5.41, 5.74) is 0.525. The van der Waals surface area contributed by atoms with Gasteiger partial charge in [-0.3, -0.25) is 14.4 Å². The van der Waals surface area contributed by atoms with E-state index in [1.54, 1.807) is 38.6 Å². The molecule has 3 heterocycles. The molecule has 3 aliphatic heterocycles. The summed E-state index contributed by atoms with van der Waals surface area (Å²) in [5.74, 6) is -1.25. The van der Waals surface area contributed by atoms with Crippen molar-refractivity contribution in [3.63, 3.8) is 0 Å². The lowest BCUT2D eigenvalue weighted by Crippen LogP contribution is -2.60. The lowest BCUT2D eigenvalue weighted by molar-refractivity contribution is -0.149. The van der Waals surface area contributed by atoms with Gasteiger partial charge in [0.2, 0.25) is 17.7 Å². The van der Waals surface area contributed by atoms with Gasteiger partial charge >= 0.3 is 0 Å². The molecule has 1 N–H and O–H groups in total. The van der Waals surface area contributed by atoms with E-state index in [1.807, 2.05) is 51.1 Å². The van der Waals surface area contributed by atoms with Crippen LogP contribution in [0.15, 0.2) is 55.6 Å². The maximum absolute atomic E-state index is 14.6. The fraction of sp³-hybridized carbons (Fsp3) is 0.606. The zero-order valence-electron chi connectivity index (χ0n) is 25.3. The minimum atomic E-state index is -0.746. The summed E-state index contributed by atoms with van der Waals surface area (Å²) in [6.07, 6.45) is 5.50. The molecule has 2 bridgehead atoms. The van der Waals surface area contributed by atoms with Crippen molar-refractivity contribution in [3.8, 4) is 0 Å². The van der Waals surface area contributed by atoms with E-state index in [4.69, 9.17) is 0 Å². The van der Waals surface area contributed by atoms with Gasteiger partial charge in [-0.05, 0) is 51.5 Å². The largest absolute Gasteiger partial charge is 0.394 e. The van der Waals surface area contributed by atoms with Crippen molar-refractivity contribution in [3.05, 3.63) is 61.2 Å². The van der Waals surface area contributed by atoms with Crippen LogP contribution < -0.4 is 0 Å². The molecule has 3 fully saturated rings. The second kappa shape index (κ2) is 12.3. The molecule has 2 unspecified atom stereocenters. The summed E-state index contributed by atoms with van der Waals surface area (Å²) in [5, 5.41) is 10.5. The highest BCUT2D eigenvalue weighted by molar-refractivity contribution is 8.02. The highest BCUT2D eigenvalue weighted by Crippen LogP contribution is 2.67. The van der Waals surface area contributed by atoms with Crippen molar-refractivity contribution in [2.45, 2.75) is 88.0 Å². The number of carbonyl (C=O) groups is 3. The Morgan fingerprint density at radius 2 is 1.80 bits per heavy atom. The number of fused-ring (bicyclic) bond motifs is 1. The highest BCUT2D eigenvalue weighted by atomic mass is 32.2. The van der Waals surface area contributed by atoms with Crippen molar-refractivity contribution in [2.75, 3.05) is 19.7 Å². The molecule has 4 rings (SSSR count). The number of likely N-dealkylation sites (tertiary alicyclic amines) is 1. The van der Waals surface area contributed by atoms with Gasteiger partial charge in [0.1, 0.15) is 6.04 Å². The summed E-state index contributed by atoms with van der Waals surface area (Å²) in [4.78, 5) is 48.8. The monoisotopic (exact) mass is 581 g/mol. The molecule has 6 atom stereocenters. The molecule has 8 heteroatoms. The van der Waals surface area contributed by atoms with Crippen molar-refractivity contribution >= 4 is 29.5 Å². The van der Waals surface area contributed by atoms with Crippen molar-refractivity contribution in [1.29, 1.82) is 0 Å². The average Bonchev–Trinajstić information content (AvgIpc) is 3.56. The van der Waals surface area contributed by atoms with Crippen LogP contribution in [-0.2, 0) is 20.9 Å². The van der Waals surface area contributed by atoms with E-state index in [9.17, 15) is 19.5 Å². The van der Waals surface area contributed by atoms with Crippen LogP contribution >= 0.6 is 11.8 Å². The zero-order chi connectivity index (χ0) is 30.1. The summed E-state index contributed by atoms with van der Waals surface area (Å²) in [6.45, 7) is 18.8. The predicted octanol–water partition coefficient (Wildman–Crippen LogP) is 4.51. The number of benzene rings is 1. The van der Waals surface area contributed by atoms with Crippen LogP contribution in [0.4, 0.5) is 0 Å². The molecule has 3 aliphatic rings. The molecular weight excluding hydrogens is 534 g/mol. The van der Waals surface area contributed by atoms with E-state index in [-0.39, 0.29) is 35.5 Å². The molecule has 0 aromatic heterocycles. The van der Waals surface area contributed by atoms with Crippen molar-refractivity contribution in [1.82, 2.24) is 14.7 Å². The number of aliphatic hydroxyl groups excluding tert-OH is 1. The van der Waals surface area contributed by atoms with E-state index in [1.165, 1.54) is 0 Å². The molecular formula is C33H47N3O4S. The second-order valence-electron chi connectivity index (χ2n) is 13.2. The number of hydrogen-bond acceptors (Lipinski definition) is 5. The Kier molecular flexibility index (Phi) is 9.44. The SMILES string of the molecule is C=CCN(Cc1ccccc1)C(=O)[C@@H]1[C@@H]2CCC3(S2)C(C(=O)N(CC=C)C(C)(C)C)N([C@@H](CO)CC(C)C)C(=O)[C@H]13. The molecule has 41 heavy (non-hydrogen) atoms.